The average Bonchev–Trinajstić information content (AvgIpc) is 2.34. The third kappa shape index (κ3) is 10.9. The zero-order valence-corrected chi connectivity index (χ0v) is 12.8. The number of likely N-dealkylation sites (N-methyl/N-ethyl adjacent to an activating group) is 2. The van der Waals surface area contributed by atoms with Gasteiger partial charge in [0.1, 0.15) is 0 Å². The third-order valence-corrected chi connectivity index (χ3v) is 3.12. The molecule has 0 unspecified atom stereocenters. The largest absolute Gasteiger partial charge is 0.329 e. The number of nitrogens with one attached hydrogen (secondary N) is 1. The normalized spacial score (nSPS) is 12.0. The van der Waals surface area contributed by atoms with Crippen LogP contribution in [0.15, 0.2) is 0 Å². The topological polar surface area (TPSA) is 47.8 Å². The van der Waals surface area contributed by atoms with E-state index in [1.165, 1.54) is 0 Å². The highest BCUT2D eigenvalue weighted by Crippen LogP contribution is 1.87. The van der Waals surface area contributed by atoms with Crippen molar-refractivity contribution in [3.63, 3.8) is 0 Å². The molecule has 0 aliphatic rings. The number of nitrogens with two attached hydrogens (primary N) is 1. The van der Waals surface area contributed by atoms with Crippen molar-refractivity contribution in [1.29, 1.82) is 0 Å². The summed E-state index contributed by atoms with van der Waals surface area (Å²) in [6.07, 6.45) is 0. The van der Waals surface area contributed by atoms with Gasteiger partial charge in [-0.15, -0.1) is 0 Å². The van der Waals surface area contributed by atoms with Crippen LogP contribution >= 0.6 is 0 Å². The molecule has 5 nitrogen and oxygen atoms in total. The van der Waals surface area contributed by atoms with Gasteiger partial charge in [0.05, 0.1) is 0 Å². The van der Waals surface area contributed by atoms with Crippen LogP contribution in [-0.2, 0) is 0 Å². The first-order chi connectivity index (χ1) is 8.60. The highest BCUT2D eigenvalue weighted by Gasteiger charge is 2.03. The monoisotopic (exact) mass is 259 g/mol. The molecule has 0 saturated heterocycles. The molecular formula is C13H33N5. The van der Waals surface area contributed by atoms with Gasteiger partial charge in [0.15, 0.2) is 0 Å². The van der Waals surface area contributed by atoms with Crippen molar-refractivity contribution in [2.75, 3.05) is 80.0 Å². The standard InChI is InChI=1S/C13H33N5/c1-5-17(4)10-7-15-8-11-18(9-6-14)13-12-16(2)3/h15H,5-14H2,1-4H3. The Morgan fingerprint density at radius 2 is 1.56 bits per heavy atom. The van der Waals surface area contributed by atoms with E-state index >= 15 is 0 Å². The minimum atomic E-state index is 0.742. The molecule has 0 radical (unpaired) electrons. The predicted octanol–water partition coefficient (Wildman–Crippen LogP) is -0.650. The van der Waals surface area contributed by atoms with Crippen molar-refractivity contribution in [1.82, 2.24) is 20.0 Å². The van der Waals surface area contributed by atoms with E-state index in [0.29, 0.717) is 0 Å². The maximum Gasteiger partial charge on any atom is 0.0110 e. The van der Waals surface area contributed by atoms with E-state index in [0.717, 1.165) is 58.9 Å². The molecule has 0 aromatic carbocycles. The minimum absolute atomic E-state index is 0.742. The van der Waals surface area contributed by atoms with Gasteiger partial charge in [0, 0.05) is 52.4 Å². The highest BCUT2D eigenvalue weighted by molar-refractivity contribution is 4.62. The second kappa shape index (κ2) is 11.9. The van der Waals surface area contributed by atoms with E-state index in [9.17, 15) is 0 Å². The second-order valence-corrected chi connectivity index (χ2v) is 5.08. The summed E-state index contributed by atoms with van der Waals surface area (Å²) in [7, 11) is 6.37. The summed E-state index contributed by atoms with van der Waals surface area (Å²) in [4.78, 5) is 6.96. The first kappa shape index (κ1) is 17.8. The van der Waals surface area contributed by atoms with Crippen LogP contribution in [0, 0.1) is 0 Å². The van der Waals surface area contributed by atoms with E-state index in [1.54, 1.807) is 0 Å². The Balaban J connectivity index is 3.57. The first-order valence-corrected chi connectivity index (χ1v) is 7.06. The van der Waals surface area contributed by atoms with E-state index in [-0.39, 0.29) is 0 Å². The Hall–Kier alpha value is -0.200. The van der Waals surface area contributed by atoms with E-state index in [2.05, 4.69) is 48.1 Å². The molecule has 0 heterocycles. The van der Waals surface area contributed by atoms with Crippen LogP contribution in [0.3, 0.4) is 0 Å². The molecule has 0 fully saturated rings. The lowest BCUT2D eigenvalue weighted by molar-refractivity contribution is 0.244. The lowest BCUT2D eigenvalue weighted by atomic mass is 10.4. The molecule has 110 valence electrons. The summed E-state index contributed by atoms with van der Waals surface area (Å²) < 4.78 is 0. The lowest BCUT2D eigenvalue weighted by Crippen LogP contribution is -2.40. The first-order valence-electron chi connectivity index (χ1n) is 7.06. The fourth-order valence-corrected chi connectivity index (χ4v) is 1.65. The van der Waals surface area contributed by atoms with Crippen molar-refractivity contribution < 1.29 is 0 Å². The SMILES string of the molecule is CCN(C)CCNCCN(CCN)CCN(C)C. The van der Waals surface area contributed by atoms with Crippen molar-refractivity contribution in [3.05, 3.63) is 0 Å². The average molecular weight is 259 g/mol. The molecule has 0 atom stereocenters. The van der Waals surface area contributed by atoms with E-state index in [4.69, 9.17) is 5.73 Å². The number of rotatable bonds is 12. The lowest BCUT2D eigenvalue weighted by Gasteiger charge is -2.23. The van der Waals surface area contributed by atoms with Gasteiger partial charge in [-0.05, 0) is 27.7 Å². The number of nitrogens with zero attached hydrogens (tertiary/aromatic N) is 3. The summed E-state index contributed by atoms with van der Waals surface area (Å²) in [5, 5.41) is 3.49. The Labute approximate surface area is 113 Å². The van der Waals surface area contributed by atoms with E-state index < -0.39 is 0 Å². The van der Waals surface area contributed by atoms with Crippen molar-refractivity contribution >= 4 is 0 Å². The second-order valence-electron chi connectivity index (χ2n) is 5.08. The number of hydrogen-bond donors (Lipinski definition) is 2. The van der Waals surface area contributed by atoms with Gasteiger partial charge in [0.25, 0.3) is 0 Å². The molecule has 0 aromatic heterocycles. The van der Waals surface area contributed by atoms with Crippen LogP contribution in [0.5, 0.6) is 0 Å². The van der Waals surface area contributed by atoms with Crippen molar-refractivity contribution in [3.8, 4) is 0 Å². The minimum Gasteiger partial charge on any atom is -0.329 e. The summed E-state index contributed by atoms with van der Waals surface area (Å²) in [5.41, 5.74) is 5.64. The van der Waals surface area contributed by atoms with Crippen LogP contribution < -0.4 is 11.1 Å². The Morgan fingerprint density at radius 1 is 0.889 bits per heavy atom. The fraction of sp³-hybridized carbons (Fsp3) is 1.00. The van der Waals surface area contributed by atoms with Crippen molar-refractivity contribution in [2.45, 2.75) is 6.92 Å². The van der Waals surface area contributed by atoms with Gasteiger partial charge in [0.2, 0.25) is 0 Å². The van der Waals surface area contributed by atoms with Gasteiger partial charge in [-0.2, -0.15) is 0 Å². The summed E-state index contributed by atoms with van der Waals surface area (Å²) >= 11 is 0. The maximum absolute atomic E-state index is 5.64. The molecule has 0 saturated carbocycles. The molecule has 0 aliphatic heterocycles. The maximum atomic E-state index is 5.64. The predicted molar refractivity (Wildman–Crippen MR) is 80.1 cm³/mol. The summed E-state index contributed by atoms with van der Waals surface area (Å²) in [6, 6.07) is 0. The van der Waals surface area contributed by atoms with Crippen LogP contribution in [0.25, 0.3) is 0 Å². The Morgan fingerprint density at radius 3 is 2.11 bits per heavy atom. The summed E-state index contributed by atoms with van der Waals surface area (Å²) in [6.45, 7) is 11.5. The molecule has 0 aromatic rings. The molecule has 0 rings (SSSR count). The van der Waals surface area contributed by atoms with Gasteiger partial charge in [-0.25, -0.2) is 0 Å². The summed E-state index contributed by atoms with van der Waals surface area (Å²) in [5.74, 6) is 0. The number of hydrogen-bond acceptors (Lipinski definition) is 5. The molecule has 3 N–H and O–H groups in total. The van der Waals surface area contributed by atoms with Gasteiger partial charge >= 0.3 is 0 Å². The molecule has 0 spiro atoms. The van der Waals surface area contributed by atoms with Gasteiger partial charge < -0.3 is 20.9 Å². The quantitative estimate of drug-likeness (QED) is 0.456. The molecule has 5 heteroatoms. The van der Waals surface area contributed by atoms with Crippen LogP contribution in [0.2, 0.25) is 0 Å². The van der Waals surface area contributed by atoms with Crippen LogP contribution in [0.1, 0.15) is 6.92 Å². The van der Waals surface area contributed by atoms with Gasteiger partial charge in [-0.3, -0.25) is 4.90 Å². The van der Waals surface area contributed by atoms with Crippen LogP contribution in [-0.4, -0.2) is 94.7 Å². The zero-order valence-electron chi connectivity index (χ0n) is 12.8. The van der Waals surface area contributed by atoms with E-state index in [1.807, 2.05) is 0 Å². The molecular weight excluding hydrogens is 226 g/mol. The fourth-order valence-electron chi connectivity index (χ4n) is 1.65. The smallest absolute Gasteiger partial charge is 0.0110 e. The Bertz CT molecular complexity index is 175. The molecule has 0 amide bonds. The highest BCUT2D eigenvalue weighted by atomic mass is 15.2. The molecule has 0 bridgehead atoms. The Kier molecular flexibility index (Phi) is 11.7. The zero-order chi connectivity index (χ0) is 13.8. The van der Waals surface area contributed by atoms with Gasteiger partial charge in [-0.1, -0.05) is 6.92 Å². The van der Waals surface area contributed by atoms with Crippen molar-refractivity contribution in [2.24, 2.45) is 5.73 Å². The molecule has 0 aliphatic carbocycles. The third-order valence-electron chi connectivity index (χ3n) is 3.12. The molecule has 18 heavy (non-hydrogen) atoms. The van der Waals surface area contributed by atoms with Crippen LogP contribution in [0.4, 0.5) is 0 Å².